The second-order valence-electron chi connectivity index (χ2n) is 6.89. The summed E-state index contributed by atoms with van der Waals surface area (Å²) in [5.41, 5.74) is 6.91. The highest BCUT2D eigenvalue weighted by atomic mass is 79.9. The first kappa shape index (κ1) is 19.9. The first-order valence-corrected chi connectivity index (χ1v) is 10.4. The van der Waals surface area contributed by atoms with Crippen molar-refractivity contribution in [3.05, 3.63) is 38.1 Å². The number of aromatic nitrogens is 3. The summed E-state index contributed by atoms with van der Waals surface area (Å²) in [6.07, 6.45) is -1.04. The number of fused-ring (bicyclic) bond motifs is 1. The van der Waals surface area contributed by atoms with Crippen LogP contribution in [0.2, 0.25) is 0 Å². The number of alkyl halides is 2. The highest BCUT2D eigenvalue weighted by Crippen LogP contribution is 2.48. The van der Waals surface area contributed by atoms with Crippen molar-refractivity contribution in [1.29, 1.82) is 0 Å². The molecule has 0 spiro atoms. The van der Waals surface area contributed by atoms with Crippen LogP contribution in [0.3, 0.4) is 0 Å². The quantitative estimate of drug-likeness (QED) is 0.565. The molecule has 1 saturated carbocycles. The van der Waals surface area contributed by atoms with Gasteiger partial charge in [0.1, 0.15) is 15.4 Å². The molecule has 1 aliphatic rings. The van der Waals surface area contributed by atoms with Crippen molar-refractivity contribution >= 4 is 55.0 Å². The van der Waals surface area contributed by atoms with Gasteiger partial charge in [-0.1, -0.05) is 0 Å². The summed E-state index contributed by atoms with van der Waals surface area (Å²) in [7, 11) is 1.70. The number of hydrogen-bond acceptors (Lipinski definition) is 5. The number of rotatable bonds is 5. The first-order valence-electron chi connectivity index (χ1n) is 8.74. The Kier molecular flexibility index (Phi) is 4.89. The van der Waals surface area contributed by atoms with Crippen LogP contribution in [0.4, 0.5) is 14.5 Å². The summed E-state index contributed by atoms with van der Waals surface area (Å²) in [6, 6.07) is 1.36. The maximum absolute atomic E-state index is 13.3. The zero-order valence-corrected chi connectivity index (χ0v) is 17.8. The summed E-state index contributed by atoms with van der Waals surface area (Å²) >= 11 is 4.25. The lowest BCUT2D eigenvalue weighted by atomic mass is 10.0. The van der Waals surface area contributed by atoms with Gasteiger partial charge in [0.05, 0.1) is 15.9 Å². The van der Waals surface area contributed by atoms with Gasteiger partial charge >= 0.3 is 0 Å². The molecule has 1 fully saturated rings. The Morgan fingerprint density at radius 1 is 1.41 bits per heavy atom. The van der Waals surface area contributed by atoms with E-state index in [-0.39, 0.29) is 32.7 Å². The molecule has 7 nitrogen and oxygen atoms in total. The van der Waals surface area contributed by atoms with Crippen LogP contribution < -0.4 is 11.1 Å². The summed E-state index contributed by atoms with van der Waals surface area (Å²) in [5, 5.41) is 7.40. The Morgan fingerprint density at radius 2 is 2.10 bits per heavy atom. The predicted molar refractivity (Wildman–Crippen MR) is 109 cm³/mol. The molecule has 0 atom stereocenters. The smallest absolute Gasteiger partial charge is 0.280 e. The number of primary amides is 1. The number of aryl methyl sites for hydroxylation is 1. The first-order chi connectivity index (χ1) is 13.7. The fourth-order valence-electron chi connectivity index (χ4n) is 3.17. The molecule has 0 unspecified atom stereocenters. The van der Waals surface area contributed by atoms with Crippen molar-refractivity contribution in [3.8, 4) is 0 Å². The van der Waals surface area contributed by atoms with E-state index in [0.717, 1.165) is 29.9 Å². The van der Waals surface area contributed by atoms with Crippen molar-refractivity contribution in [2.75, 3.05) is 5.32 Å². The molecular formula is C18H16BrF2N5O2S. The van der Waals surface area contributed by atoms with Gasteiger partial charge < -0.3 is 11.1 Å². The number of nitrogens with zero attached hydrogens (tertiary/aromatic N) is 3. The second-order valence-corrected chi connectivity index (χ2v) is 8.68. The Labute approximate surface area is 176 Å². The SMILES string of the molecule is Cc1c(Br)c(C(=O)Nc2c(C(N)=O)sc3nc(C(F)F)cc(C4CC4)c23)nn1C. The fraction of sp³-hybridized carbons (Fsp3) is 0.333. The van der Waals surface area contributed by atoms with Crippen LogP contribution >= 0.6 is 27.3 Å². The van der Waals surface area contributed by atoms with E-state index in [4.69, 9.17) is 5.73 Å². The third-order valence-corrected chi connectivity index (χ3v) is 6.94. The number of halogens is 3. The van der Waals surface area contributed by atoms with Crippen LogP contribution in [0.1, 0.15) is 62.3 Å². The molecule has 3 N–H and O–H groups in total. The van der Waals surface area contributed by atoms with Crippen LogP contribution in [0.15, 0.2) is 10.5 Å². The van der Waals surface area contributed by atoms with Gasteiger partial charge in [-0.3, -0.25) is 14.3 Å². The second kappa shape index (κ2) is 7.13. The minimum atomic E-state index is -2.73. The maximum Gasteiger partial charge on any atom is 0.280 e. The Hall–Kier alpha value is -2.40. The van der Waals surface area contributed by atoms with Crippen LogP contribution in [0.5, 0.6) is 0 Å². The monoisotopic (exact) mass is 483 g/mol. The number of hydrogen-bond donors (Lipinski definition) is 2. The van der Waals surface area contributed by atoms with E-state index in [1.54, 1.807) is 18.7 Å². The van der Waals surface area contributed by atoms with Crippen LogP contribution in [0.25, 0.3) is 10.2 Å². The normalized spacial score (nSPS) is 14.0. The van der Waals surface area contributed by atoms with Crippen molar-refractivity contribution in [2.24, 2.45) is 12.8 Å². The molecule has 0 aromatic carbocycles. The van der Waals surface area contributed by atoms with Crippen molar-refractivity contribution in [3.63, 3.8) is 0 Å². The minimum Gasteiger partial charge on any atom is -0.365 e. The van der Waals surface area contributed by atoms with E-state index in [1.165, 1.54) is 6.07 Å². The lowest BCUT2D eigenvalue weighted by Crippen LogP contribution is -2.17. The molecular weight excluding hydrogens is 468 g/mol. The van der Waals surface area contributed by atoms with Gasteiger partial charge in [0.15, 0.2) is 5.69 Å². The molecule has 0 radical (unpaired) electrons. The van der Waals surface area contributed by atoms with Gasteiger partial charge in [-0.15, -0.1) is 11.3 Å². The van der Waals surface area contributed by atoms with Crippen LogP contribution in [0, 0.1) is 6.92 Å². The minimum absolute atomic E-state index is 0.0675. The Bertz CT molecular complexity index is 1170. The number of carbonyl (C=O) groups excluding carboxylic acids is 2. The summed E-state index contributed by atoms with van der Waals surface area (Å²) in [4.78, 5) is 29.2. The molecule has 2 amide bonds. The van der Waals surface area contributed by atoms with E-state index in [0.29, 0.717) is 15.4 Å². The third kappa shape index (κ3) is 3.42. The standard InChI is InChI=1S/C18H16BrF2N5O2S/c1-6-11(19)13(25-26(6)2)17(28)24-12-10-8(7-3-4-7)5-9(15(20)21)23-18(10)29-14(12)16(22)27/h5,7,15H,3-4H2,1-2H3,(H2,22,27)(H,24,28). The van der Waals surface area contributed by atoms with Gasteiger partial charge in [0.25, 0.3) is 18.2 Å². The topological polar surface area (TPSA) is 103 Å². The van der Waals surface area contributed by atoms with Crippen LogP contribution in [-0.2, 0) is 7.05 Å². The molecule has 0 aliphatic heterocycles. The molecule has 11 heteroatoms. The molecule has 3 aromatic rings. The number of nitrogens with two attached hydrogens (primary N) is 1. The molecule has 29 heavy (non-hydrogen) atoms. The van der Waals surface area contributed by atoms with Gasteiger partial charge in [0, 0.05) is 12.4 Å². The van der Waals surface area contributed by atoms with E-state index in [1.807, 2.05) is 0 Å². The molecule has 152 valence electrons. The van der Waals surface area contributed by atoms with Gasteiger partial charge in [-0.25, -0.2) is 13.8 Å². The Morgan fingerprint density at radius 3 is 2.62 bits per heavy atom. The zero-order valence-electron chi connectivity index (χ0n) is 15.4. The lowest BCUT2D eigenvalue weighted by molar-refractivity contribution is 0.100. The van der Waals surface area contributed by atoms with Crippen molar-refractivity contribution in [1.82, 2.24) is 14.8 Å². The van der Waals surface area contributed by atoms with E-state index in [2.05, 4.69) is 31.3 Å². The number of amides is 2. The van der Waals surface area contributed by atoms with E-state index < -0.39 is 18.2 Å². The van der Waals surface area contributed by atoms with Crippen molar-refractivity contribution < 1.29 is 18.4 Å². The van der Waals surface area contributed by atoms with E-state index >= 15 is 0 Å². The largest absolute Gasteiger partial charge is 0.365 e. The number of anilines is 1. The number of pyridine rings is 1. The third-order valence-electron chi connectivity index (χ3n) is 4.89. The molecule has 4 rings (SSSR count). The molecule has 1 aliphatic carbocycles. The van der Waals surface area contributed by atoms with Gasteiger partial charge in [-0.05, 0) is 53.2 Å². The average molecular weight is 484 g/mol. The number of nitrogens with one attached hydrogen (secondary N) is 1. The van der Waals surface area contributed by atoms with Crippen LogP contribution in [-0.4, -0.2) is 26.6 Å². The highest BCUT2D eigenvalue weighted by molar-refractivity contribution is 9.10. The van der Waals surface area contributed by atoms with Gasteiger partial charge in [-0.2, -0.15) is 5.10 Å². The van der Waals surface area contributed by atoms with Crippen molar-refractivity contribution in [2.45, 2.75) is 32.1 Å². The summed E-state index contributed by atoms with van der Waals surface area (Å²) in [5.74, 6) is -1.21. The molecule has 3 heterocycles. The predicted octanol–water partition coefficient (Wildman–Crippen LogP) is 4.27. The van der Waals surface area contributed by atoms with Gasteiger partial charge in [0.2, 0.25) is 0 Å². The zero-order chi connectivity index (χ0) is 21.0. The average Bonchev–Trinajstić information content (AvgIpc) is 3.40. The summed E-state index contributed by atoms with van der Waals surface area (Å²) < 4.78 is 28.7. The highest BCUT2D eigenvalue weighted by Gasteiger charge is 2.32. The number of thiophene rings is 1. The molecule has 3 aromatic heterocycles. The number of carbonyl (C=O) groups is 2. The Balaban J connectivity index is 1.88. The summed E-state index contributed by atoms with van der Waals surface area (Å²) in [6.45, 7) is 1.80. The molecule has 0 saturated heterocycles. The maximum atomic E-state index is 13.3. The fourth-order valence-corrected chi connectivity index (χ4v) is 4.71. The molecule has 0 bridgehead atoms. The lowest BCUT2D eigenvalue weighted by Gasteiger charge is -2.09. The van der Waals surface area contributed by atoms with E-state index in [9.17, 15) is 18.4 Å².